The molecule has 0 aliphatic carbocycles. The largest absolute Gasteiger partial charge is 0.489 e. The van der Waals surface area contributed by atoms with E-state index in [-0.39, 0.29) is 11.6 Å². The quantitative estimate of drug-likeness (QED) is 0.441. The van der Waals surface area contributed by atoms with Crippen LogP contribution in [0.1, 0.15) is 48.9 Å². The monoisotopic (exact) mass is 409 g/mol. The van der Waals surface area contributed by atoms with Crippen molar-refractivity contribution in [3.8, 4) is 11.4 Å². The van der Waals surface area contributed by atoms with Crippen molar-refractivity contribution < 1.29 is 9.57 Å². The molecule has 8 heteroatoms. The van der Waals surface area contributed by atoms with Crippen LogP contribution in [-0.2, 0) is 18.5 Å². The maximum atomic E-state index is 12.4. The topological polar surface area (TPSA) is 83.5 Å². The molecule has 0 N–H and O–H groups in total. The molecular weight excluding hydrogens is 382 g/mol. The van der Waals surface area contributed by atoms with Gasteiger partial charge in [-0.3, -0.25) is 0 Å². The van der Waals surface area contributed by atoms with Crippen molar-refractivity contribution in [2.75, 3.05) is 7.11 Å². The molecule has 0 amide bonds. The number of ether oxygens (including phenoxy) is 1. The van der Waals surface area contributed by atoms with E-state index in [9.17, 15) is 4.79 Å². The molecule has 3 aromatic rings. The molecule has 8 nitrogen and oxygen atoms in total. The number of benzene rings is 2. The van der Waals surface area contributed by atoms with Gasteiger partial charge in [-0.1, -0.05) is 31.1 Å². The molecule has 3 rings (SSSR count). The Morgan fingerprint density at radius 2 is 1.97 bits per heavy atom. The summed E-state index contributed by atoms with van der Waals surface area (Å²) in [5.41, 5.74) is 5.14. The number of hydrogen-bond donors (Lipinski definition) is 0. The van der Waals surface area contributed by atoms with Crippen LogP contribution in [0.2, 0.25) is 0 Å². The predicted octanol–water partition coefficient (Wildman–Crippen LogP) is 3.35. The molecule has 0 unspecified atom stereocenters. The summed E-state index contributed by atoms with van der Waals surface area (Å²) in [5, 5.41) is 11.8. The molecule has 0 fully saturated rings. The van der Waals surface area contributed by atoms with E-state index in [1.165, 1.54) is 16.5 Å². The van der Waals surface area contributed by atoms with Gasteiger partial charge in [-0.2, -0.15) is 9.36 Å². The van der Waals surface area contributed by atoms with E-state index >= 15 is 0 Å². The van der Waals surface area contributed by atoms with Gasteiger partial charge in [0.2, 0.25) is 0 Å². The average molecular weight is 409 g/mol. The molecule has 0 spiro atoms. The number of aryl methyl sites for hydroxylation is 2. The molecule has 0 aliphatic rings. The Kier molecular flexibility index (Phi) is 6.34. The lowest BCUT2D eigenvalue weighted by atomic mass is 9.96. The highest BCUT2D eigenvalue weighted by Gasteiger charge is 2.17. The third-order valence-electron chi connectivity index (χ3n) is 4.95. The van der Waals surface area contributed by atoms with Crippen molar-refractivity contribution in [2.24, 2.45) is 12.2 Å². The molecule has 30 heavy (non-hydrogen) atoms. The van der Waals surface area contributed by atoms with Crippen LogP contribution >= 0.6 is 0 Å². The second-order valence-electron chi connectivity index (χ2n) is 7.42. The van der Waals surface area contributed by atoms with Crippen molar-refractivity contribution in [3.63, 3.8) is 0 Å². The lowest BCUT2D eigenvalue weighted by Gasteiger charge is -2.18. The second-order valence-corrected chi connectivity index (χ2v) is 7.42. The summed E-state index contributed by atoms with van der Waals surface area (Å²) in [6, 6.07) is 11.7. The number of tetrazole rings is 1. The van der Waals surface area contributed by atoms with Crippen molar-refractivity contribution in [1.82, 2.24) is 19.8 Å². The molecule has 2 aromatic carbocycles. The Labute approximate surface area is 175 Å². The Bertz CT molecular complexity index is 1130. The van der Waals surface area contributed by atoms with Gasteiger partial charge in [-0.15, -0.1) is 0 Å². The van der Waals surface area contributed by atoms with Crippen molar-refractivity contribution in [3.05, 3.63) is 69.1 Å². The summed E-state index contributed by atoms with van der Waals surface area (Å²) >= 11 is 0. The number of hydrogen-bond acceptors (Lipinski definition) is 6. The maximum Gasteiger partial charge on any atom is 0.368 e. The van der Waals surface area contributed by atoms with Crippen molar-refractivity contribution in [2.45, 2.75) is 40.2 Å². The van der Waals surface area contributed by atoms with Crippen LogP contribution in [0.15, 0.2) is 46.3 Å². The predicted molar refractivity (Wildman–Crippen MR) is 115 cm³/mol. The third-order valence-corrected chi connectivity index (χ3v) is 4.95. The van der Waals surface area contributed by atoms with E-state index < -0.39 is 0 Å². The number of oxime groups is 1. The second kappa shape index (κ2) is 8.94. The fourth-order valence-electron chi connectivity index (χ4n) is 3.33. The molecular formula is C22H27N5O3. The zero-order chi connectivity index (χ0) is 21.8. The maximum absolute atomic E-state index is 12.4. The third kappa shape index (κ3) is 4.27. The summed E-state index contributed by atoms with van der Waals surface area (Å²) < 4.78 is 8.69. The molecule has 0 bridgehead atoms. The van der Waals surface area contributed by atoms with Gasteiger partial charge in [-0.25, -0.2) is 4.79 Å². The highest BCUT2D eigenvalue weighted by molar-refractivity contribution is 5.98. The summed E-state index contributed by atoms with van der Waals surface area (Å²) in [4.78, 5) is 17.3. The minimum absolute atomic E-state index is 0.257. The van der Waals surface area contributed by atoms with Gasteiger partial charge in [0.25, 0.3) is 0 Å². The first-order valence-electron chi connectivity index (χ1n) is 9.76. The molecule has 1 heterocycles. The van der Waals surface area contributed by atoms with Gasteiger partial charge in [0, 0.05) is 12.6 Å². The minimum atomic E-state index is -0.300. The van der Waals surface area contributed by atoms with Crippen LogP contribution in [0.5, 0.6) is 5.75 Å². The fraction of sp³-hybridized carbons (Fsp3) is 0.364. The number of aromatic nitrogens is 4. The normalized spacial score (nSPS) is 11.8. The van der Waals surface area contributed by atoms with Crippen LogP contribution < -0.4 is 10.4 Å². The Hall–Kier alpha value is -3.42. The van der Waals surface area contributed by atoms with Gasteiger partial charge in [0.15, 0.2) is 0 Å². The van der Waals surface area contributed by atoms with Gasteiger partial charge in [0.05, 0.1) is 11.4 Å². The first-order valence-corrected chi connectivity index (χ1v) is 9.76. The minimum Gasteiger partial charge on any atom is -0.489 e. The van der Waals surface area contributed by atoms with Crippen LogP contribution in [0, 0.1) is 6.92 Å². The Morgan fingerprint density at radius 3 is 2.57 bits per heavy atom. The molecule has 1 aromatic heterocycles. The molecule has 158 valence electrons. The van der Waals surface area contributed by atoms with E-state index in [4.69, 9.17) is 9.57 Å². The van der Waals surface area contributed by atoms with Gasteiger partial charge in [-0.05, 0) is 71.1 Å². The highest BCUT2D eigenvalue weighted by Crippen LogP contribution is 2.27. The molecule has 0 atom stereocenters. The fourth-order valence-corrected chi connectivity index (χ4v) is 3.33. The van der Waals surface area contributed by atoms with E-state index in [0.717, 1.165) is 33.7 Å². The molecule has 0 saturated carbocycles. The number of rotatable bonds is 7. The average Bonchev–Trinajstić information content (AvgIpc) is 3.05. The van der Waals surface area contributed by atoms with Crippen molar-refractivity contribution in [1.29, 1.82) is 0 Å². The number of nitrogens with zero attached hydrogens (tertiary/aromatic N) is 5. The SMILES string of the molecule is CO/N=C(\C)c1ccc(OCc2c(C(C)C)cccc2-n2nnn(C)c2=O)c(C)c1. The first-order chi connectivity index (χ1) is 14.3. The summed E-state index contributed by atoms with van der Waals surface area (Å²) in [5.74, 6) is 1.02. The Balaban J connectivity index is 1.96. The van der Waals surface area contributed by atoms with Crippen molar-refractivity contribution >= 4 is 5.71 Å². The van der Waals surface area contributed by atoms with Gasteiger partial charge >= 0.3 is 5.69 Å². The molecule has 0 aliphatic heterocycles. The van der Waals surface area contributed by atoms with Crippen LogP contribution in [-0.4, -0.2) is 32.6 Å². The molecule has 0 radical (unpaired) electrons. The van der Waals surface area contributed by atoms with E-state index in [1.54, 1.807) is 7.05 Å². The zero-order valence-electron chi connectivity index (χ0n) is 18.2. The lowest BCUT2D eigenvalue weighted by molar-refractivity contribution is 0.213. The lowest BCUT2D eigenvalue weighted by Crippen LogP contribution is -2.23. The van der Waals surface area contributed by atoms with Gasteiger partial charge < -0.3 is 9.57 Å². The van der Waals surface area contributed by atoms with Crippen LogP contribution in [0.3, 0.4) is 0 Å². The zero-order valence-corrected chi connectivity index (χ0v) is 18.2. The first kappa shape index (κ1) is 21.3. The van der Waals surface area contributed by atoms with Crippen LogP contribution in [0.4, 0.5) is 0 Å². The summed E-state index contributed by atoms with van der Waals surface area (Å²) in [7, 11) is 3.11. The molecule has 0 saturated heterocycles. The summed E-state index contributed by atoms with van der Waals surface area (Å²) in [6.45, 7) is 8.40. The van der Waals surface area contributed by atoms with E-state index in [0.29, 0.717) is 12.3 Å². The Morgan fingerprint density at radius 1 is 1.20 bits per heavy atom. The smallest absolute Gasteiger partial charge is 0.368 e. The standard InChI is InChI=1S/C22H27N5O3/c1-14(2)18-8-7-9-20(27-22(28)26(5)24-25-27)19(18)13-30-21-11-10-17(12-15(21)3)16(4)23-29-6/h7-12,14H,13H2,1-6H3/b23-16+. The summed E-state index contributed by atoms with van der Waals surface area (Å²) in [6.07, 6.45) is 0. The highest BCUT2D eigenvalue weighted by atomic mass is 16.6. The van der Waals surface area contributed by atoms with Gasteiger partial charge in [0.1, 0.15) is 19.5 Å². The van der Waals surface area contributed by atoms with Crippen LogP contribution in [0.25, 0.3) is 5.69 Å². The van der Waals surface area contributed by atoms with E-state index in [2.05, 4.69) is 35.5 Å². The van der Waals surface area contributed by atoms with E-state index in [1.807, 2.05) is 44.2 Å².